The fourth-order valence-corrected chi connectivity index (χ4v) is 2.20. The Bertz CT molecular complexity index is 572. The van der Waals surface area contributed by atoms with Gasteiger partial charge in [-0.1, -0.05) is 12.1 Å². The molecule has 0 bridgehead atoms. The second-order valence-electron chi connectivity index (χ2n) is 5.27. The lowest BCUT2D eigenvalue weighted by molar-refractivity contribution is -0.294. The minimum atomic E-state index is -1.48. The molecule has 0 aromatic heterocycles. The van der Waals surface area contributed by atoms with Crippen LogP contribution in [0.1, 0.15) is 5.56 Å². The Morgan fingerprint density at radius 3 is 2.50 bits per heavy atom. The Labute approximate surface area is 137 Å². The molecule has 0 aliphatic carbocycles. The average Bonchev–Trinajstić information content (AvgIpc) is 2.58. The summed E-state index contributed by atoms with van der Waals surface area (Å²) in [5, 5.41) is 29.2. The number of halogens is 1. The molecule has 1 unspecified atom stereocenters. The van der Waals surface area contributed by atoms with E-state index in [1.165, 1.54) is 37.5 Å². The second kappa shape index (κ2) is 8.32. The fraction of sp³-hybridized carbons (Fsp3) is 0.438. The molecule has 5 atom stereocenters. The normalized spacial score (nSPS) is 30.5. The van der Waals surface area contributed by atoms with Crippen LogP contribution in [0.4, 0.5) is 4.39 Å². The Morgan fingerprint density at radius 2 is 1.88 bits per heavy atom. The van der Waals surface area contributed by atoms with Crippen molar-refractivity contribution in [2.45, 2.75) is 30.7 Å². The zero-order valence-electron chi connectivity index (χ0n) is 12.9. The molecular weight excluding hydrogens is 323 g/mol. The molecule has 1 aromatic carbocycles. The molecule has 24 heavy (non-hydrogen) atoms. The van der Waals surface area contributed by atoms with E-state index in [4.69, 9.17) is 14.2 Å². The van der Waals surface area contributed by atoms with Crippen LogP contribution in [-0.4, -0.2) is 65.7 Å². The number of carbonyl (C=O) groups is 1. The van der Waals surface area contributed by atoms with Crippen LogP contribution in [0.3, 0.4) is 0 Å². The first-order valence-electron chi connectivity index (χ1n) is 7.25. The van der Waals surface area contributed by atoms with E-state index < -0.39 is 36.7 Å². The van der Waals surface area contributed by atoms with Crippen LogP contribution in [0.2, 0.25) is 0 Å². The number of methoxy groups -OCH3 is 1. The van der Waals surface area contributed by atoms with Crippen LogP contribution in [0.25, 0.3) is 6.08 Å². The first-order valence-corrected chi connectivity index (χ1v) is 7.25. The van der Waals surface area contributed by atoms with Gasteiger partial charge in [-0.25, -0.2) is 9.18 Å². The van der Waals surface area contributed by atoms with E-state index in [1.54, 1.807) is 0 Å². The summed E-state index contributed by atoms with van der Waals surface area (Å²) in [6.45, 7) is -0.336. The lowest BCUT2D eigenvalue weighted by Gasteiger charge is -2.39. The number of esters is 1. The Hall–Kier alpha value is -1.84. The minimum absolute atomic E-state index is 0.336. The van der Waals surface area contributed by atoms with E-state index in [1.807, 2.05) is 0 Å². The SMILES string of the molecule is COC1O[C@H](COC(=O)/C=C/c2ccc(F)cc2)[C@@H](O)[C@H](O)[C@H]1O. The van der Waals surface area contributed by atoms with Crippen molar-refractivity contribution >= 4 is 12.0 Å². The van der Waals surface area contributed by atoms with E-state index in [2.05, 4.69) is 0 Å². The van der Waals surface area contributed by atoms with E-state index in [0.29, 0.717) is 5.56 Å². The minimum Gasteiger partial charge on any atom is -0.460 e. The third kappa shape index (κ3) is 4.59. The summed E-state index contributed by atoms with van der Waals surface area (Å²) < 4.78 is 27.8. The predicted molar refractivity (Wildman–Crippen MR) is 80.1 cm³/mol. The van der Waals surface area contributed by atoms with Crippen molar-refractivity contribution in [1.82, 2.24) is 0 Å². The summed E-state index contributed by atoms with van der Waals surface area (Å²) in [5.74, 6) is -1.09. The van der Waals surface area contributed by atoms with Crippen molar-refractivity contribution in [1.29, 1.82) is 0 Å². The number of aliphatic hydroxyl groups excluding tert-OH is 3. The van der Waals surface area contributed by atoms with Gasteiger partial charge in [0.2, 0.25) is 0 Å². The smallest absolute Gasteiger partial charge is 0.330 e. The topological polar surface area (TPSA) is 105 Å². The van der Waals surface area contributed by atoms with Crippen LogP contribution in [0.15, 0.2) is 30.3 Å². The summed E-state index contributed by atoms with van der Waals surface area (Å²) in [4.78, 5) is 11.7. The van der Waals surface area contributed by atoms with Gasteiger partial charge >= 0.3 is 5.97 Å². The molecule has 1 aliphatic heterocycles. The summed E-state index contributed by atoms with van der Waals surface area (Å²) >= 11 is 0. The largest absolute Gasteiger partial charge is 0.460 e. The van der Waals surface area contributed by atoms with E-state index in [9.17, 15) is 24.5 Å². The maximum absolute atomic E-state index is 12.8. The Balaban J connectivity index is 1.87. The summed E-state index contributed by atoms with van der Waals surface area (Å²) in [5.41, 5.74) is 0.611. The van der Waals surface area contributed by atoms with Gasteiger partial charge in [0.05, 0.1) is 0 Å². The third-order valence-corrected chi connectivity index (χ3v) is 3.57. The van der Waals surface area contributed by atoms with Gasteiger partial charge in [-0.15, -0.1) is 0 Å². The lowest BCUT2D eigenvalue weighted by Crippen LogP contribution is -2.59. The van der Waals surface area contributed by atoms with E-state index in [-0.39, 0.29) is 12.4 Å². The molecule has 0 radical (unpaired) electrons. The first-order chi connectivity index (χ1) is 11.4. The molecule has 2 rings (SSSR count). The van der Waals surface area contributed by atoms with Gasteiger partial charge in [0.1, 0.15) is 36.8 Å². The van der Waals surface area contributed by atoms with Crippen molar-refractivity contribution in [2.24, 2.45) is 0 Å². The van der Waals surface area contributed by atoms with Gasteiger partial charge in [0.25, 0.3) is 0 Å². The summed E-state index contributed by atoms with van der Waals surface area (Å²) in [7, 11) is 1.27. The number of aliphatic hydroxyl groups is 3. The molecule has 1 aliphatic rings. The van der Waals surface area contributed by atoms with Crippen molar-refractivity contribution < 1.29 is 38.7 Å². The number of rotatable bonds is 5. The molecule has 0 amide bonds. The third-order valence-electron chi connectivity index (χ3n) is 3.57. The van der Waals surface area contributed by atoms with Gasteiger partial charge < -0.3 is 29.5 Å². The van der Waals surface area contributed by atoms with E-state index >= 15 is 0 Å². The maximum atomic E-state index is 12.8. The van der Waals surface area contributed by atoms with Gasteiger partial charge in [0.15, 0.2) is 6.29 Å². The van der Waals surface area contributed by atoms with Crippen LogP contribution in [0, 0.1) is 5.82 Å². The zero-order valence-corrected chi connectivity index (χ0v) is 12.9. The molecule has 0 spiro atoms. The quantitative estimate of drug-likeness (QED) is 0.504. The Morgan fingerprint density at radius 1 is 1.21 bits per heavy atom. The van der Waals surface area contributed by atoms with Crippen LogP contribution < -0.4 is 0 Å². The highest BCUT2D eigenvalue weighted by Gasteiger charge is 2.44. The highest BCUT2D eigenvalue weighted by molar-refractivity contribution is 5.87. The van der Waals surface area contributed by atoms with Crippen molar-refractivity contribution in [2.75, 3.05) is 13.7 Å². The molecule has 0 saturated carbocycles. The average molecular weight is 342 g/mol. The molecule has 1 aromatic rings. The molecule has 8 heteroatoms. The number of hydrogen-bond acceptors (Lipinski definition) is 7. The molecule has 1 heterocycles. The monoisotopic (exact) mass is 342 g/mol. The summed E-state index contributed by atoms with van der Waals surface area (Å²) in [6, 6.07) is 5.51. The van der Waals surface area contributed by atoms with Crippen LogP contribution in [-0.2, 0) is 19.0 Å². The second-order valence-corrected chi connectivity index (χ2v) is 5.27. The van der Waals surface area contributed by atoms with Gasteiger partial charge in [-0.3, -0.25) is 0 Å². The van der Waals surface area contributed by atoms with E-state index in [0.717, 1.165) is 6.08 Å². The molecule has 7 nitrogen and oxygen atoms in total. The zero-order chi connectivity index (χ0) is 17.7. The molecule has 1 saturated heterocycles. The Kier molecular flexibility index (Phi) is 6.41. The number of hydrogen-bond donors (Lipinski definition) is 3. The van der Waals surface area contributed by atoms with Gasteiger partial charge in [-0.05, 0) is 23.8 Å². The molecule has 132 valence electrons. The van der Waals surface area contributed by atoms with Gasteiger partial charge in [-0.2, -0.15) is 0 Å². The number of benzene rings is 1. The number of ether oxygens (including phenoxy) is 3. The lowest BCUT2D eigenvalue weighted by atomic mass is 9.99. The molecular formula is C16H19FO7. The van der Waals surface area contributed by atoms with Crippen molar-refractivity contribution in [3.8, 4) is 0 Å². The number of carbonyl (C=O) groups excluding carboxylic acids is 1. The molecule has 3 N–H and O–H groups in total. The van der Waals surface area contributed by atoms with Crippen molar-refractivity contribution in [3.05, 3.63) is 41.7 Å². The summed E-state index contributed by atoms with van der Waals surface area (Å²) in [6.07, 6.45) is -3.92. The predicted octanol–water partition coefficient (Wildman–Crippen LogP) is -0.164. The highest BCUT2D eigenvalue weighted by Crippen LogP contribution is 2.22. The van der Waals surface area contributed by atoms with Crippen LogP contribution >= 0.6 is 0 Å². The van der Waals surface area contributed by atoms with Crippen LogP contribution in [0.5, 0.6) is 0 Å². The maximum Gasteiger partial charge on any atom is 0.330 e. The standard InChI is InChI=1S/C16H19FO7/c1-22-16-15(21)14(20)13(19)11(24-16)8-23-12(18)7-4-9-2-5-10(17)6-3-9/h2-7,11,13-16,19-21H,8H2,1H3/b7-4+/t11-,13-,14+,15-,16?/m1/s1. The molecule has 1 fully saturated rings. The van der Waals surface area contributed by atoms with Gasteiger partial charge in [0, 0.05) is 13.2 Å². The highest BCUT2D eigenvalue weighted by atomic mass is 19.1. The first kappa shape index (κ1) is 18.5. The fourth-order valence-electron chi connectivity index (χ4n) is 2.20. The van der Waals surface area contributed by atoms with Crippen molar-refractivity contribution in [3.63, 3.8) is 0 Å².